The lowest BCUT2D eigenvalue weighted by atomic mass is 10.1. The van der Waals surface area contributed by atoms with Gasteiger partial charge >= 0.3 is 0 Å². The number of rotatable bonds is 6. The van der Waals surface area contributed by atoms with E-state index in [9.17, 15) is 13.0 Å². The fourth-order valence-electron chi connectivity index (χ4n) is 2.72. The van der Waals surface area contributed by atoms with Crippen LogP contribution in [0.3, 0.4) is 0 Å². The summed E-state index contributed by atoms with van der Waals surface area (Å²) in [5.41, 5.74) is 2.73. The lowest BCUT2D eigenvalue weighted by Gasteiger charge is -2.10. The van der Waals surface area contributed by atoms with E-state index in [0.717, 1.165) is 5.56 Å². The Morgan fingerprint density at radius 1 is 0.963 bits per heavy atom. The van der Waals surface area contributed by atoms with Crippen molar-refractivity contribution in [3.8, 4) is 22.9 Å². The lowest BCUT2D eigenvalue weighted by molar-refractivity contribution is 0.322. The summed E-state index contributed by atoms with van der Waals surface area (Å²) in [6.07, 6.45) is 0.678. The molecule has 0 amide bonds. The highest BCUT2D eigenvalue weighted by Crippen LogP contribution is 2.29. The molecule has 0 aliphatic carbocycles. The minimum absolute atomic E-state index is 0.139. The summed E-state index contributed by atoms with van der Waals surface area (Å²) in [4.78, 5) is -0.139. The van der Waals surface area contributed by atoms with Gasteiger partial charge in [-0.15, -0.1) is 0 Å². The van der Waals surface area contributed by atoms with Gasteiger partial charge in [0.15, 0.2) is 0 Å². The van der Waals surface area contributed by atoms with E-state index in [0.29, 0.717) is 35.5 Å². The summed E-state index contributed by atoms with van der Waals surface area (Å²) in [7, 11) is -4.32. The van der Waals surface area contributed by atoms with Gasteiger partial charge in [-0.05, 0) is 41.5 Å². The number of hydrogen-bond donors (Lipinski definition) is 1. The topological polar surface area (TPSA) is 87.4 Å². The number of benzene rings is 3. The Labute approximate surface area is 158 Å². The molecule has 0 fully saturated rings. The first kappa shape index (κ1) is 18.6. The number of nitrogens with zero attached hydrogens (tertiary/aromatic N) is 1. The van der Waals surface area contributed by atoms with Crippen LogP contribution in [0.1, 0.15) is 11.1 Å². The first-order chi connectivity index (χ1) is 13.0. The molecule has 0 heterocycles. The maximum atomic E-state index is 11.6. The molecule has 5 nitrogen and oxygen atoms in total. The highest BCUT2D eigenvalue weighted by molar-refractivity contribution is 7.86. The Balaban J connectivity index is 1.74. The zero-order valence-electron chi connectivity index (χ0n) is 14.4. The molecule has 3 aromatic carbocycles. The van der Waals surface area contributed by atoms with Crippen molar-refractivity contribution in [2.45, 2.75) is 11.3 Å². The fraction of sp³-hybridized carbons (Fsp3) is 0.0952. The zero-order chi connectivity index (χ0) is 19.3. The normalized spacial score (nSPS) is 11.0. The van der Waals surface area contributed by atoms with Crippen LogP contribution >= 0.6 is 0 Å². The first-order valence-electron chi connectivity index (χ1n) is 8.26. The molecule has 0 aromatic heterocycles. The van der Waals surface area contributed by atoms with Crippen molar-refractivity contribution in [2.24, 2.45) is 0 Å². The van der Waals surface area contributed by atoms with E-state index in [4.69, 9.17) is 10.00 Å². The molecule has 3 rings (SSSR count). The molecule has 0 saturated carbocycles. The average Bonchev–Trinajstić information content (AvgIpc) is 2.68. The largest absolute Gasteiger partial charge is 0.493 e. The maximum Gasteiger partial charge on any atom is 0.295 e. The van der Waals surface area contributed by atoms with E-state index in [2.05, 4.69) is 6.07 Å². The van der Waals surface area contributed by atoms with Crippen LogP contribution in [0.25, 0.3) is 11.1 Å². The zero-order valence-corrected chi connectivity index (χ0v) is 15.2. The smallest absolute Gasteiger partial charge is 0.295 e. The van der Waals surface area contributed by atoms with Crippen LogP contribution in [-0.4, -0.2) is 19.6 Å². The molecule has 0 atom stereocenters. The maximum absolute atomic E-state index is 11.6. The van der Waals surface area contributed by atoms with Crippen LogP contribution in [-0.2, 0) is 16.5 Å². The molecule has 0 saturated heterocycles. The van der Waals surface area contributed by atoms with Gasteiger partial charge in [0.1, 0.15) is 10.6 Å². The van der Waals surface area contributed by atoms with Crippen molar-refractivity contribution in [2.75, 3.05) is 6.61 Å². The Morgan fingerprint density at radius 2 is 1.70 bits per heavy atom. The van der Waals surface area contributed by atoms with Gasteiger partial charge < -0.3 is 4.74 Å². The van der Waals surface area contributed by atoms with Crippen LogP contribution in [0, 0.1) is 11.3 Å². The van der Waals surface area contributed by atoms with Crippen molar-refractivity contribution >= 4 is 10.1 Å². The first-order valence-corrected chi connectivity index (χ1v) is 9.70. The Morgan fingerprint density at radius 3 is 2.41 bits per heavy atom. The van der Waals surface area contributed by atoms with Gasteiger partial charge in [-0.2, -0.15) is 13.7 Å². The van der Waals surface area contributed by atoms with Crippen LogP contribution in [0.15, 0.2) is 77.7 Å². The monoisotopic (exact) mass is 379 g/mol. The molecule has 0 bridgehead atoms. The van der Waals surface area contributed by atoms with Crippen molar-refractivity contribution in [1.82, 2.24) is 0 Å². The molecule has 0 spiro atoms. The van der Waals surface area contributed by atoms with Gasteiger partial charge in [-0.1, -0.05) is 42.5 Å². The second kappa shape index (κ2) is 8.04. The summed E-state index contributed by atoms with van der Waals surface area (Å²) in [6.45, 7) is 0.440. The predicted molar refractivity (Wildman–Crippen MR) is 102 cm³/mol. The van der Waals surface area contributed by atoms with Gasteiger partial charge in [0.05, 0.1) is 18.2 Å². The molecule has 0 aliphatic heterocycles. The molecule has 0 radical (unpaired) electrons. The van der Waals surface area contributed by atoms with Gasteiger partial charge in [0, 0.05) is 12.0 Å². The summed E-state index contributed by atoms with van der Waals surface area (Å²) in [5.74, 6) is 0.603. The van der Waals surface area contributed by atoms with Crippen molar-refractivity contribution < 1.29 is 17.7 Å². The minimum atomic E-state index is -4.32. The predicted octanol–water partition coefficient (Wildman–Crippen LogP) is 4.09. The summed E-state index contributed by atoms with van der Waals surface area (Å²) in [5, 5.41) is 8.81. The van der Waals surface area contributed by atoms with E-state index in [-0.39, 0.29) is 4.90 Å². The van der Waals surface area contributed by atoms with Crippen LogP contribution in [0.5, 0.6) is 5.75 Å². The third kappa shape index (κ3) is 4.73. The van der Waals surface area contributed by atoms with Crippen LogP contribution in [0.4, 0.5) is 0 Å². The molecular formula is C21H17NO4S. The summed E-state index contributed by atoms with van der Waals surface area (Å²) in [6, 6.07) is 22.7. The summed E-state index contributed by atoms with van der Waals surface area (Å²) >= 11 is 0. The molecule has 1 N–H and O–H groups in total. The third-order valence-corrected chi connectivity index (χ3v) is 4.96. The summed E-state index contributed by atoms with van der Waals surface area (Å²) < 4.78 is 38.4. The standard InChI is InChI=1S/C21H17NO4S/c22-15-17-10-8-16(9-11-17)12-13-26-19-5-3-4-18(14-19)20-6-1-2-7-21(20)27(23,24)25/h1-11,14H,12-13H2,(H,23,24,25). The van der Waals surface area contributed by atoms with E-state index < -0.39 is 10.1 Å². The second-order valence-electron chi connectivity index (χ2n) is 5.91. The van der Waals surface area contributed by atoms with E-state index >= 15 is 0 Å². The molecule has 0 unspecified atom stereocenters. The molecule has 27 heavy (non-hydrogen) atoms. The van der Waals surface area contributed by atoms with E-state index in [1.807, 2.05) is 12.1 Å². The highest BCUT2D eigenvalue weighted by atomic mass is 32.2. The number of ether oxygens (including phenoxy) is 1. The molecular weight excluding hydrogens is 362 g/mol. The van der Waals surface area contributed by atoms with Crippen LogP contribution < -0.4 is 4.74 Å². The highest BCUT2D eigenvalue weighted by Gasteiger charge is 2.16. The average molecular weight is 379 g/mol. The van der Waals surface area contributed by atoms with Gasteiger partial charge in [0.2, 0.25) is 0 Å². The fourth-order valence-corrected chi connectivity index (χ4v) is 3.43. The lowest BCUT2D eigenvalue weighted by Crippen LogP contribution is -2.02. The van der Waals surface area contributed by atoms with Gasteiger partial charge in [0.25, 0.3) is 10.1 Å². The quantitative estimate of drug-likeness (QED) is 0.652. The van der Waals surface area contributed by atoms with Gasteiger partial charge in [-0.25, -0.2) is 0 Å². The Kier molecular flexibility index (Phi) is 5.55. The SMILES string of the molecule is N#Cc1ccc(CCOc2cccc(-c3ccccc3S(=O)(=O)O)c2)cc1. The van der Waals surface area contributed by atoms with Crippen molar-refractivity contribution in [3.63, 3.8) is 0 Å². The number of hydrogen-bond acceptors (Lipinski definition) is 4. The van der Waals surface area contributed by atoms with Crippen LogP contribution in [0.2, 0.25) is 0 Å². The van der Waals surface area contributed by atoms with E-state index in [1.54, 1.807) is 54.6 Å². The molecule has 6 heteroatoms. The number of nitriles is 1. The Hall–Kier alpha value is -3.14. The molecule has 0 aliphatic rings. The molecule has 3 aromatic rings. The third-order valence-electron chi connectivity index (χ3n) is 4.05. The van der Waals surface area contributed by atoms with Gasteiger partial charge in [-0.3, -0.25) is 4.55 Å². The van der Waals surface area contributed by atoms with Crippen molar-refractivity contribution in [3.05, 3.63) is 83.9 Å². The molecule has 136 valence electrons. The Bertz CT molecular complexity index is 1080. The van der Waals surface area contributed by atoms with E-state index in [1.165, 1.54) is 6.07 Å². The second-order valence-corrected chi connectivity index (χ2v) is 7.30. The van der Waals surface area contributed by atoms with Crippen molar-refractivity contribution in [1.29, 1.82) is 5.26 Å². The minimum Gasteiger partial charge on any atom is -0.493 e.